The molecule has 1 aliphatic rings. The highest BCUT2D eigenvalue weighted by Crippen LogP contribution is 2.53. The first-order valence-electron chi connectivity index (χ1n) is 19.5. The molecule has 2 nitrogen and oxygen atoms in total. The van der Waals surface area contributed by atoms with Gasteiger partial charge in [0.05, 0.1) is 11.4 Å². The minimum atomic E-state index is -0.242. The van der Waals surface area contributed by atoms with Crippen molar-refractivity contribution in [2.45, 2.75) is 12.3 Å². The monoisotopic (exact) mass is 744 g/mol. The van der Waals surface area contributed by atoms with E-state index in [0.717, 1.165) is 33.6 Å². The van der Waals surface area contributed by atoms with Crippen molar-refractivity contribution in [2.75, 3.05) is 0 Å². The average Bonchev–Trinajstić information content (AvgIpc) is 3.79. The predicted molar refractivity (Wildman–Crippen MR) is 240 cm³/mol. The maximum atomic E-state index is 5.23. The van der Waals surface area contributed by atoms with Crippen LogP contribution in [0.15, 0.2) is 200 Å². The molecule has 2 heterocycles. The van der Waals surface area contributed by atoms with E-state index in [9.17, 15) is 0 Å². The zero-order valence-electron chi connectivity index (χ0n) is 31.4. The molecule has 0 aliphatic heterocycles. The van der Waals surface area contributed by atoms with Gasteiger partial charge in [-0.1, -0.05) is 170 Å². The molecule has 10 aromatic rings. The van der Waals surface area contributed by atoms with Crippen LogP contribution in [0.3, 0.4) is 0 Å². The third-order valence-corrected chi connectivity index (χ3v) is 13.0. The van der Waals surface area contributed by atoms with Crippen molar-refractivity contribution >= 4 is 31.5 Å². The lowest BCUT2D eigenvalue weighted by Gasteiger charge is -2.28. The summed E-state index contributed by atoms with van der Waals surface area (Å²) in [4.78, 5) is 10.4. The zero-order chi connectivity index (χ0) is 37.9. The molecular weight excluding hydrogens is 709 g/mol. The summed E-state index contributed by atoms with van der Waals surface area (Å²) in [7, 11) is 0. The molecule has 0 N–H and O–H groups in total. The van der Waals surface area contributed by atoms with Gasteiger partial charge in [-0.3, -0.25) is 0 Å². The van der Waals surface area contributed by atoms with Gasteiger partial charge in [-0.2, -0.15) is 0 Å². The summed E-state index contributed by atoms with van der Waals surface area (Å²) in [5.41, 5.74) is 16.0. The molecule has 57 heavy (non-hydrogen) atoms. The zero-order valence-corrected chi connectivity index (χ0v) is 32.2. The number of fused-ring (bicyclic) bond motifs is 6. The van der Waals surface area contributed by atoms with Gasteiger partial charge in [-0.15, -0.1) is 11.3 Å². The summed E-state index contributed by atoms with van der Waals surface area (Å²) >= 11 is 1.85. The van der Waals surface area contributed by atoms with E-state index in [1.54, 1.807) is 0 Å². The van der Waals surface area contributed by atoms with Crippen molar-refractivity contribution in [2.24, 2.45) is 0 Å². The van der Waals surface area contributed by atoms with Crippen LogP contribution in [0.5, 0.6) is 0 Å². The quantitative estimate of drug-likeness (QED) is 0.169. The topological polar surface area (TPSA) is 25.8 Å². The van der Waals surface area contributed by atoms with E-state index in [2.05, 4.69) is 189 Å². The molecule has 1 atom stereocenters. The van der Waals surface area contributed by atoms with E-state index in [0.29, 0.717) is 5.82 Å². The highest BCUT2D eigenvalue weighted by atomic mass is 32.1. The molecule has 8 aromatic carbocycles. The van der Waals surface area contributed by atoms with Gasteiger partial charge in [-0.05, 0) is 87.3 Å². The van der Waals surface area contributed by atoms with Crippen molar-refractivity contribution in [3.05, 3.63) is 217 Å². The SMILES string of the molecule is CC1(c2ccccc2)c2ccccc2-c2ccc(-c3ccc(-c4cc(-c5ccccc5-c5ccc6sc7ccccc7c6c5)nc(-c5ccccc5)n4)cc3)cc21. The van der Waals surface area contributed by atoms with Crippen molar-refractivity contribution < 1.29 is 0 Å². The number of benzene rings is 8. The maximum absolute atomic E-state index is 5.23. The van der Waals surface area contributed by atoms with Gasteiger partial charge in [-0.25, -0.2) is 9.97 Å². The Kier molecular flexibility index (Phi) is 7.84. The number of nitrogens with zero attached hydrogens (tertiary/aromatic N) is 2. The van der Waals surface area contributed by atoms with E-state index in [1.807, 2.05) is 29.5 Å². The largest absolute Gasteiger partial charge is 0.228 e. The van der Waals surface area contributed by atoms with Crippen molar-refractivity contribution in [3.63, 3.8) is 0 Å². The van der Waals surface area contributed by atoms with E-state index in [1.165, 1.54) is 64.7 Å². The standard InChI is InChI=1S/C54H36N2S/c1-54(40-16-6-3-7-17-40)47-22-12-10-19-42(47)43-30-28-38(33-48(43)54)35-24-26-36(27-25-35)49-34-50(56-53(55-49)37-14-4-2-5-15-37)44-20-9-8-18-41(44)39-29-31-52-46(32-39)45-21-11-13-23-51(45)57-52/h2-34H,1H3. The van der Waals surface area contributed by atoms with Crippen LogP contribution < -0.4 is 0 Å². The molecule has 0 saturated heterocycles. The number of hydrogen-bond acceptors (Lipinski definition) is 3. The minimum Gasteiger partial charge on any atom is -0.228 e. The highest BCUT2D eigenvalue weighted by molar-refractivity contribution is 7.25. The lowest BCUT2D eigenvalue weighted by molar-refractivity contribution is 0.714. The Bertz CT molecular complexity index is 3130. The lowest BCUT2D eigenvalue weighted by atomic mass is 9.74. The molecule has 0 bridgehead atoms. The van der Waals surface area contributed by atoms with Gasteiger partial charge in [0.15, 0.2) is 5.82 Å². The fourth-order valence-electron chi connectivity index (χ4n) is 8.89. The maximum Gasteiger partial charge on any atom is 0.160 e. The lowest BCUT2D eigenvalue weighted by Crippen LogP contribution is -2.22. The molecule has 11 rings (SSSR count). The van der Waals surface area contributed by atoms with E-state index in [4.69, 9.17) is 9.97 Å². The van der Waals surface area contributed by atoms with Gasteiger partial charge in [0.2, 0.25) is 0 Å². The molecule has 2 aromatic heterocycles. The number of hydrogen-bond donors (Lipinski definition) is 0. The smallest absolute Gasteiger partial charge is 0.160 e. The van der Waals surface area contributed by atoms with Crippen LogP contribution in [0.2, 0.25) is 0 Å². The Balaban J connectivity index is 1.00. The molecule has 0 amide bonds. The van der Waals surface area contributed by atoms with Gasteiger partial charge in [0, 0.05) is 42.3 Å². The number of thiophene rings is 1. The summed E-state index contributed by atoms with van der Waals surface area (Å²) in [6.45, 7) is 2.37. The molecule has 0 saturated carbocycles. The average molecular weight is 745 g/mol. The number of aromatic nitrogens is 2. The molecule has 3 heteroatoms. The first-order chi connectivity index (χ1) is 28.1. The molecular formula is C54H36N2S. The van der Waals surface area contributed by atoms with Crippen molar-refractivity contribution in [3.8, 4) is 67.3 Å². The van der Waals surface area contributed by atoms with E-state index >= 15 is 0 Å². The first kappa shape index (κ1) is 33.4. The predicted octanol–water partition coefficient (Wildman–Crippen LogP) is 14.5. The molecule has 268 valence electrons. The molecule has 1 unspecified atom stereocenters. The Morgan fingerprint density at radius 2 is 0.965 bits per heavy atom. The van der Waals surface area contributed by atoms with Gasteiger partial charge in [0.25, 0.3) is 0 Å². The van der Waals surface area contributed by atoms with E-state index in [-0.39, 0.29) is 5.41 Å². The Hall–Kier alpha value is -6.94. The molecule has 0 spiro atoms. The normalized spacial score (nSPS) is 14.5. The summed E-state index contributed by atoms with van der Waals surface area (Å²) in [5.74, 6) is 0.708. The summed E-state index contributed by atoms with van der Waals surface area (Å²) in [6, 6.07) is 72.2. The second-order valence-electron chi connectivity index (χ2n) is 15.1. The summed E-state index contributed by atoms with van der Waals surface area (Å²) in [5, 5.41) is 2.58. The van der Waals surface area contributed by atoms with Crippen molar-refractivity contribution in [1.82, 2.24) is 9.97 Å². The second kappa shape index (κ2) is 13.4. The van der Waals surface area contributed by atoms with Gasteiger partial charge >= 0.3 is 0 Å². The van der Waals surface area contributed by atoms with Gasteiger partial charge in [0.1, 0.15) is 0 Å². The Morgan fingerprint density at radius 3 is 1.79 bits per heavy atom. The van der Waals surface area contributed by atoms with Crippen LogP contribution >= 0.6 is 11.3 Å². The molecule has 1 aliphatic carbocycles. The van der Waals surface area contributed by atoms with Gasteiger partial charge < -0.3 is 0 Å². The van der Waals surface area contributed by atoms with Crippen LogP contribution in [-0.4, -0.2) is 9.97 Å². The van der Waals surface area contributed by atoms with Crippen LogP contribution in [-0.2, 0) is 5.41 Å². The Morgan fingerprint density at radius 1 is 0.368 bits per heavy atom. The first-order valence-corrected chi connectivity index (χ1v) is 20.3. The Labute approximate surface area is 336 Å². The van der Waals surface area contributed by atoms with Crippen LogP contribution in [0, 0.1) is 0 Å². The summed E-state index contributed by atoms with van der Waals surface area (Å²) in [6.07, 6.45) is 0. The third-order valence-electron chi connectivity index (χ3n) is 11.8. The third kappa shape index (κ3) is 5.54. The fraction of sp³-hybridized carbons (Fsp3) is 0.0370. The van der Waals surface area contributed by atoms with Crippen LogP contribution in [0.1, 0.15) is 23.6 Å². The number of rotatable bonds is 6. The fourth-order valence-corrected chi connectivity index (χ4v) is 9.98. The summed E-state index contributed by atoms with van der Waals surface area (Å²) < 4.78 is 2.61. The second-order valence-corrected chi connectivity index (χ2v) is 16.1. The van der Waals surface area contributed by atoms with E-state index < -0.39 is 0 Å². The van der Waals surface area contributed by atoms with Crippen LogP contribution in [0.25, 0.3) is 87.5 Å². The van der Waals surface area contributed by atoms with Crippen molar-refractivity contribution in [1.29, 1.82) is 0 Å². The molecule has 0 radical (unpaired) electrons. The molecule has 0 fully saturated rings. The highest BCUT2D eigenvalue weighted by Gasteiger charge is 2.40. The minimum absolute atomic E-state index is 0.242. The van der Waals surface area contributed by atoms with Crippen LogP contribution in [0.4, 0.5) is 0 Å².